The summed E-state index contributed by atoms with van der Waals surface area (Å²) in [6, 6.07) is 18.8. The molecule has 0 aliphatic carbocycles. The second kappa shape index (κ2) is 11.3. The number of aliphatic hydroxyl groups excluding tert-OH is 1. The molecule has 3 aromatic rings. The number of nitrogens with zero attached hydrogens (tertiary/aromatic N) is 1. The highest BCUT2D eigenvalue weighted by atomic mass is 32.2. The number of rotatable bonds is 10. The van der Waals surface area contributed by atoms with E-state index in [4.69, 9.17) is 4.52 Å². The molecule has 0 saturated carbocycles. The predicted molar refractivity (Wildman–Crippen MR) is 122 cm³/mol. The Morgan fingerprint density at radius 1 is 1.03 bits per heavy atom. The lowest BCUT2D eigenvalue weighted by atomic mass is 10.0. The first kappa shape index (κ1) is 22.6. The monoisotopic (exact) mass is 439 g/mol. The van der Waals surface area contributed by atoms with Crippen molar-refractivity contribution in [1.82, 2.24) is 5.16 Å². The first-order chi connectivity index (χ1) is 15.0. The van der Waals surface area contributed by atoms with E-state index in [9.17, 15) is 14.7 Å². The Labute approximate surface area is 185 Å². The van der Waals surface area contributed by atoms with E-state index in [1.54, 1.807) is 13.0 Å². The van der Waals surface area contributed by atoms with Crippen LogP contribution in [0.4, 0.5) is 11.5 Å². The van der Waals surface area contributed by atoms with Crippen LogP contribution in [0.1, 0.15) is 29.4 Å². The lowest BCUT2D eigenvalue weighted by Gasteiger charge is -2.11. The fourth-order valence-corrected chi connectivity index (χ4v) is 3.55. The summed E-state index contributed by atoms with van der Waals surface area (Å²) in [4.78, 5) is 23.9. The van der Waals surface area contributed by atoms with Gasteiger partial charge in [0.2, 0.25) is 11.8 Å². The zero-order chi connectivity index (χ0) is 22.1. The summed E-state index contributed by atoms with van der Waals surface area (Å²) >= 11 is 1.22. The Kier molecular flexibility index (Phi) is 8.26. The molecule has 2 amide bonds. The van der Waals surface area contributed by atoms with Crippen LogP contribution in [0.3, 0.4) is 0 Å². The number of hydrogen-bond donors (Lipinski definition) is 3. The SMILES string of the molecule is Cc1cc(NC(=O)CSCC(=O)Nc2ccc(CC[C@@H](O)c3ccccc3)cc2)no1. The van der Waals surface area contributed by atoms with Crippen molar-refractivity contribution in [1.29, 1.82) is 0 Å². The van der Waals surface area contributed by atoms with E-state index in [0.29, 0.717) is 23.7 Å². The van der Waals surface area contributed by atoms with Gasteiger partial charge in [0.05, 0.1) is 17.6 Å². The molecule has 0 radical (unpaired) electrons. The third kappa shape index (κ3) is 7.58. The molecule has 0 spiro atoms. The molecule has 8 heteroatoms. The number of benzene rings is 2. The molecule has 2 aromatic carbocycles. The number of nitrogens with one attached hydrogen (secondary N) is 2. The molecular formula is C23H25N3O4S. The van der Waals surface area contributed by atoms with Crippen LogP contribution in [0.2, 0.25) is 0 Å². The highest BCUT2D eigenvalue weighted by Crippen LogP contribution is 2.20. The van der Waals surface area contributed by atoms with Crippen molar-refractivity contribution in [2.24, 2.45) is 0 Å². The average molecular weight is 440 g/mol. The summed E-state index contributed by atoms with van der Waals surface area (Å²) in [5, 5.41) is 19.4. The smallest absolute Gasteiger partial charge is 0.235 e. The Balaban J connectivity index is 1.36. The number of aliphatic hydroxyl groups is 1. The first-order valence-electron chi connectivity index (χ1n) is 9.92. The number of aryl methyl sites for hydroxylation is 2. The number of carbonyl (C=O) groups is 2. The van der Waals surface area contributed by atoms with Gasteiger partial charge in [0.1, 0.15) is 5.76 Å². The largest absolute Gasteiger partial charge is 0.388 e. The van der Waals surface area contributed by atoms with E-state index >= 15 is 0 Å². The summed E-state index contributed by atoms with van der Waals surface area (Å²) in [7, 11) is 0. The Bertz CT molecular complexity index is 990. The van der Waals surface area contributed by atoms with Crippen molar-refractivity contribution >= 4 is 35.1 Å². The molecule has 1 atom stereocenters. The number of aromatic nitrogens is 1. The first-order valence-corrected chi connectivity index (χ1v) is 11.1. The van der Waals surface area contributed by atoms with Crippen molar-refractivity contribution in [2.75, 3.05) is 22.1 Å². The van der Waals surface area contributed by atoms with E-state index in [0.717, 1.165) is 17.5 Å². The van der Waals surface area contributed by atoms with Gasteiger partial charge in [-0.25, -0.2) is 0 Å². The highest BCUT2D eigenvalue weighted by Gasteiger charge is 2.10. The summed E-state index contributed by atoms with van der Waals surface area (Å²) < 4.78 is 4.88. The number of hydrogen-bond acceptors (Lipinski definition) is 6. The molecule has 31 heavy (non-hydrogen) atoms. The third-order valence-electron chi connectivity index (χ3n) is 4.49. The molecule has 3 N–H and O–H groups in total. The molecule has 0 aliphatic rings. The topological polar surface area (TPSA) is 104 Å². The van der Waals surface area contributed by atoms with Crippen LogP contribution in [-0.2, 0) is 16.0 Å². The zero-order valence-electron chi connectivity index (χ0n) is 17.2. The number of amides is 2. The van der Waals surface area contributed by atoms with Crippen LogP contribution in [0.15, 0.2) is 65.2 Å². The molecule has 1 aromatic heterocycles. The molecule has 0 saturated heterocycles. The standard InChI is InChI=1S/C23H25N3O4S/c1-16-13-21(26-30-16)25-23(29)15-31-14-22(28)24-19-10-7-17(8-11-19)9-12-20(27)18-5-3-2-4-6-18/h2-8,10-11,13,20,27H,9,12,14-15H2,1H3,(H,24,28)(H,25,26,29)/t20-/m1/s1. The van der Waals surface area contributed by atoms with Gasteiger partial charge in [0, 0.05) is 11.8 Å². The number of anilines is 2. The quantitative estimate of drug-likeness (QED) is 0.442. The van der Waals surface area contributed by atoms with Gasteiger partial charge in [0.25, 0.3) is 0 Å². The van der Waals surface area contributed by atoms with E-state index in [2.05, 4.69) is 15.8 Å². The number of thioether (sulfide) groups is 1. The van der Waals surface area contributed by atoms with Gasteiger partial charge in [-0.3, -0.25) is 9.59 Å². The Morgan fingerprint density at radius 2 is 1.71 bits per heavy atom. The fourth-order valence-electron chi connectivity index (χ4n) is 2.94. The second-order valence-electron chi connectivity index (χ2n) is 7.07. The van der Waals surface area contributed by atoms with Gasteiger partial charge in [-0.15, -0.1) is 11.8 Å². The Hall–Kier alpha value is -3.10. The molecule has 0 unspecified atom stereocenters. The molecule has 0 aliphatic heterocycles. The Morgan fingerprint density at radius 3 is 2.35 bits per heavy atom. The van der Waals surface area contributed by atoms with Crippen LogP contribution in [-0.4, -0.2) is 33.6 Å². The summed E-state index contributed by atoms with van der Waals surface area (Å²) in [5.41, 5.74) is 2.69. The molecular weight excluding hydrogens is 414 g/mol. The maximum absolute atomic E-state index is 12.1. The van der Waals surface area contributed by atoms with Gasteiger partial charge in [-0.2, -0.15) is 0 Å². The highest BCUT2D eigenvalue weighted by molar-refractivity contribution is 8.00. The second-order valence-corrected chi connectivity index (χ2v) is 8.06. The molecule has 0 fully saturated rings. The molecule has 1 heterocycles. The van der Waals surface area contributed by atoms with Crippen molar-refractivity contribution < 1.29 is 19.2 Å². The van der Waals surface area contributed by atoms with Gasteiger partial charge >= 0.3 is 0 Å². The molecule has 7 nitrogen and oxygen atoms in total. The molecule has 162 valence electrons. The van der Waals surface area contributed by atoms with E-state index in [1.165, 1.54) is 11.8 Å². The average Bonchev–Trinajstić information content (AvgIpc) is 3.18. The van der Waals surface area contributed by atoms with Crippen LogP contribution in [0.5, 0.6) is 0 Å². The molecule has 0 bridgehead atoms. The van der Waals surface area contributed by atoms with Gasteiger partial charge in [-0.05, 0) is 43.0 Å². The van der Waals surface area contributed by atoms with Crippen molar-refractivity contribution in [3.63, 3.8) is 0 Å². The van der Waals surface area contributed by atoms with E-state index in [1.807, 2.05) is 54.6 Å². The van der Waals surface area contributed by atoms with E-state index in [-0.39, 0.29) is 23.3 Å². The molecule has 3 rings (SSSR count). The minimum absolute atomic E-state index is 0.141. The van der Waals surface area contributed by atoms with Gasteiger partial charge < -0.3 is 20.3 Å². The normalized spacial score (nSPS) is 11.7. The van der Waals surface area contributed by atoms with Crippen molar-refractivity contribution in [3.05, 3.63) is 77.6 Å². The lowest BCUT2D eigenvalue weighted by molar-refractivity contribution is -0.114. The minimum atomic E-state index is -0.497. The van der Waals surface area contributed by atoms with Gasteiger partial charge in [-0.1, -0.05) is 47.6 Å². The lowest BCUT2D eigenvalue weighted by Crippen LogP contribution is -2.18. The summed E-state index contributed by atoms with van der Waals surface area (Å²) in [6.45, 7) is 1.74. The van der Waals surface area contributed by atoms with Crippen LogP contribution < -0.4 is 10.6 Å². The minimum Gasteiger partial charge on any atom is -0.388 e. The van der Waals surface area contributed by atoms with Crippen molar-refractivity contribution in [2.45, 2.75) is 25.9 Å². The fraction of sp³-hybridized carbons (Fsp3) is 0.261. The summed E-state index contributed by atoms with van der Waals surface area (Å²) in [6.07, 6.45) is 0.867. The zero-order valence-corrected chi connectivity index (χ0v) is 18.0. The van der Waals surface area contributed by atoms with Crippen LogP contribution in [0.25, 0.3) is 0 Å². The number of carbonyl (C=O) groups excluding carboxylic acids is 2. The third-order valence-corrected chi connectivity index (χ3v) is 5.42. The van der Waals surface area contributed by atoms with Crippen molar-refractivity contribution in [3.8, 4) is 0 Å². The predicted octanol–water partition coefficient (Wildman–Crippen LogP) is 3.96. The van der Waals surface area contributed by atoms with Gasteiger partial charge in [0.15, 0.2) is 5.82 Å². The van der Waals surface area contributed by atoms with E-state index < -0.39 is 6.10 Å². The maximum atomic E-state index is 12.1. The van der Waals surface area contributed by atoms with Crippen LogP contribution in [0, 0.1) is 6.92 Å². The summed E-state index contributed by atoms with van der Waals surface area (Å²) in [5.74, 6) is 0.860. The van der Waals surface area contributed by atoms with Crippen LogP contribution >= 0.6 is 11.8 Å². The maximum Gasteiger partial charge on any atom is 0.235 e.